The molecular weight excluding hydrogens is 318 g/mol. The van der Waals surface area contributed by atoms with E-state index in [2.05, 4.69) is 10.3 Å². The fraction of sp³-hybridized carbons (Fsp3) is 0.375. The number of halogens is 1. The zero-order valence-electron chi connectivity index (χ0n) is 13.1. The molecule has 0 bridgehead atoms. The van der Waals surface area contributed by atoms with Gasteiger partial charge in [-0.3, -0.25) is 4.79 Å². The maximum atomic E-state index is 11.9. The van der Waals surface area contributed by atoms with Crippen LogP contribution in [0.3, 0.4) is 0 Å². The summed E-state index contributed by atoms with van der Waals surface area (Å²) < 4.78 is 0. The number of H-pyrrole nitrogens is 1. The summed E-state index contributed by atoms with van der Waals surface area (Å²) in [7, 11) is 1.58. The van der Waals surface area contributed by atoms with E-state index in [1.54, 1.807) is 14.0 Å². The summed E-state index contributed by atoms with van der Waals surface area (Å²) in [6, 6.07) is 5.35. The second-order valence-corrected chi connectivity index (χ2v) is 6.04. The Morgan fingerprint density at radius 3 is 2.87 bits per heavy atom. The van der Waals surface area contributed by atoms with Crippen LogP contribution in [0, 0.1) is 5.92 Å². The van der Waals surface area contributed by atoms with E-state index in [0.29, 0.717) is 18.0 Å². The van der Waals surface area contributed by atoms with E-state index < -0.39 is 11.9 Å². The number of carboxylic acid groups (broad SMARTS) is 1. The minimum atomic E-state index is -0.916. The Bertz CT molecular complexity index is 714. The summed E-state index contributed by atoms with van der Waals surface area (Å²) in [6.45, 7) is 2.20. The Hall–Kier alpha value is -2.21. The van der Waals surface area contributed by atoms with Gasteiger partial charge in [-0.15, -0.1) is 0 Å². The van der Waals surface area contributed by atoms with Crippen LogP contribution in [0.25, 0.3) is 10.9 Å². The number of amides is 2. The first-order chi connectivity index (χ1) is 10.9. The summed E-state index contributed by atoms with van der Waals surface area (Å²) in [6.07, 6.45) is 2.57. The van der Waals surface area contributed by atoms with Crippen LogP contribution in [0.1, 0.15) is 12.5 Å². The Morgan fingerprint density at radius 2 is 2.17 bits per heavy atom. The second-order valence-electron chi connectivity index (χ2n) is 5.61. The summed E-state index contributed by atoms with van der Waals surface area (Å²) >= 11 is 6.01. The average molecular weight is 338 g/mol. The number of nitrogens with one attached hydrogen (secondary N) is 2. The molecule has 1 unspecified atom stereocenters. The highest BCUT2D eigenvalue weighted by atomic mass is 35.5. The van der Waals surface area contributed by atoms with E-state index in [4.69, 9.17) is 16.7 Å². The van der Waals surface area contributed by atoms with Crippen molar-refractivity contribution in [2.24, 2.45) is 5.92 Å². The third-order valence-corrected chi connectivity index (χ3v) is 3.95. The van der Waals surface area contributed by atoms with Crippen molar-refractivity contribution in [1.29, 1.82) is 0 Å². The molecule has 0 radical (unpaired) electrons. The number of carbonyl (C=O) groups is 2. The predicted molar refractivity (Wildman–Crippen MR) is 89.8 cm³/mol. The molecular formula is C16H20ClN3O3. The van der Waals surface area contributed by atoms with Crippen LogP contribution in [-0.4, -0.2) is 47.1 Å². The zero-order chi connectivity index (χ0) is 17.0. The molecule has 23 heavy (non-hydrogen) atoms. The maximum Gasteiger partial charge on any atom is 0.317 e. The molecule has 1 heterocycles. The fourth-order valence-electron chi connectivity index (χ4n) is 2.37. The lowest BCUT2D eigenvalue weighted by molar-refractivity contribution is -0.141. The average Bonchev–Trinajstić information content (AvgIpc) is 2.89. The summed E-state index contributed by atoms with van der Waals surface area (Å²) in [5.41, 5.74) is 2.08. The number of nitrogens with zero attached hydrogens (tertiary/aromatic N) is 1. The Labute approximate surface area is 139 Å². The molecule has 0 saturated heterocycles. The van der Waals surface area contributed by atoms with Crippen LogP contribution >= 0.6 is 11.6 Å². The van der Waals surface area contributed by atoms with E-state index in [9.17, 15) is 9.59 Å². The first-order valence-corrected chi connectivity index (χ1v) is 7.73. The molecule has 2 aromatic rings. The van der Waals surface area contributed by atoms with Crippen molar-refractivity contribution < 1.29 is 14.7 Å². The van der Waals surface area contributed by atoms with Gasteiger partial charge in [0, 0.05) is 42.3 Å². The van der Waals surface area contributed by atoms with Gasteiger partial charge in [-0.1, -0.05) is 18.5 Å². The molecule has 1 aromatic heterocycles. The second kappa shape index (κ2) is 7.37. The van der Waals surface area contributed by atoms with Crippen LogP contribution in [-0.2, 0) is 11.2 Å². The maximum absolute atomic E-state index is 11.9. The van der Waals surface area contributed by atoms with Gasteiger partial charge in [0.15, 0.2) is 0 Å². The molecule has 2 rings (SSSR count). The Balaban J connectivity index is 1.87. The lowest BCUT2D eigenvalue weighted by Gasteiger charge is -2.19. The first-order valence-electron chi connectivity index (χ1n) is 7.35. The van der Waals surface area contributed by atoms with Gasteiger partial charge in [0.2, 0.25) is 0 Å². The van der Waals surface area contributed by atoms with Crippen LogP contribution in [0.5, 0.6) is 0 Å². The molecule has 0 saturated carbocycles. The number of aliphatic carboxylic acids is 1. The van der Waals surface area contributed by atoms with Crippen molar-refractivity contribution in [2.75, 3.05) is 20.1 Å². The van der Waals surface area contributed by atoms with Gasteiger partial charge in [-0.25, -0.2) is 4.79 Å². The molecule has 6 nitrogen and oxygen atoms in total. The number of urea groups is 1. The molecule has 1 atom stereocenters. The largest absolute Gasteiger partial charge is 0.481 e. The van der Waals surface area contributed by atoms with E-state index in [1.165, 1.54) is 4.90 Å². The quantitative estimate of drug-likeness (QED) is 0.757. The number of carbonyl (C=O) groups excluding carboxylic acids is 1. The molecule has 2 amide bonds. The highest BCUT2D eigenvalue weighted by Crippen LogP contribution is 2.22. The van der Waals surface area contributed by atoms with E-state index >= 15 is 0 Å². The number of benzene rings is 1. The van der Waals surface area contributed by atoms with Gasteiger partial charge in [-0.2, -0.15) is 0 Å². The van der Waals surface area contributed by atoms with Gasteiger partial charge in [0.1, 0.15) is 0 Å². The minimum absolute atomic E-state index is 0.170. The van der Waals surface area contributed by atoms with E-state index in [1.807, 2.05) is 24.4 Å². The van der Waals surface area contributed by atoms with Crippen LogP contribution in [0.2, 0.25) is 5.02 Å². The highest BCUT2D eigenvalue weighted by Gasteiger charge is 2.17. The number of hydrogen-bond acceptors (Lipinski definition) is 2. The number of aromatic amines is 1. The first kappa shape index (κ1) is 17.1. The molecule has 0 fully saturated rings. The topological polar surface area (TPSA) is 85.4 Å². The minimum Gasteiger partial charge on any atom is -0.481 e. The normalized spacial score (nSPS) is 12.1. The summed E-state index contributed by atoms with van der Waals surface area (Å²) in [5, 5.41) is 13.4. The summed E-state index contributed by atoms with van der Waals surface area (Å²) in [4.78, 5) is 27.3. The fourth-order valence-corrected chi connectivity index (χ4v) is 2.54. The van der Waals surface area contributed by atoms with Gasteiger partial charge < -0.3 is 20.3 Å². The SMILES string of the molecule is CC(CN(C)C(=O)NCCc1c[nH]c2ccc(Cl)cc12)C(=O)O. The third kappa shape index (κ3) is 4.39. The third-order valence-electron chi connectivity index (χ3n) is 3.72. The van der Waals surface area contributed by atoms with Crippen LogP contribution in [0.4, 0.5) is 4.79 Å². The molecule has 124 valence electrons. The van der Waals surface area contributed by atoms with Crippen molar-refractivity contribution in [2.45, 2.75) is 13.3 Å². The van der Waals surface area contributed by atoms with Crippen molar-refractivity contribution in [3.8, 4) is 0 Å². The highest BCUT2D eigenvalue weighted by molar-refractivity contribution is 6.31. The van der Waals surface area contributed by atoms with Crippen LogP contribution < -0.4 is 5.32 Å². The number of hydrogen-bond donors (Lipinski definition) is 3. The molecule has 0 aliphatic rings. The molecule has 3 N–H and O–H groups in total. The predicted octanol–water partition coefficient (Wildman–Crippen LogP) is 2.73. The molecule has 0 aliphatic carbocycles. The van der Waals surface area contributed by atoms with Crippen molar-refractivity contribution in [1.82, 2.24) is 15.2 Å². The van der Waals surface area contributed by atoms with Crippen molar-refractivity contribution in [3.63, 3.8) is 0 Å². The lowest BCUT2D eigenvalue weighted by atomic mass is 10.1. The van der Waals surface area contributed by atoms with Gasteiger partial charge in [0.25, 0.3) is 0 Å². The molecule has 1 aromatic carbocycles. The Kier molecular flexibility index (Phi) is 5.50. The van der Waals surface area contributed by atoms with Gasteiger partial charge >= 0.3 is 12.0 Å². The monoisotopic (exact) mass is 337 g/mol. The van der Waals surface area contributed by atoms with Crippen molar-refractivity contribution in [3.05, 3.63) is 35.0 Å². The van der Waals surface area contributed by atoms with Gasteiger partial charge in [0.05, 0.1) is 5.92 Å². The number of rotatable bonds is 6. The van der Waals surface area contributed by atoms with E-state index in [-0.39, 0.29) is 12.6 Å². The van der Waals surface area contributed by atoms with Crippen molar-refractivity contribution >= 4 is 34.5 Å². The molecule has 0 spiro atoms. The number of fused-ring (bicyclic) bond motifs is 1. The van der Waals surface area contributed by atoms with E-state index in [0.717, 1.165) is 16.5 Å². The summed E-state index contributed by atoms with van der Waals surface area (Å²) in [5.74, 6) is -1.51. The Morgan fingerprint density at radius 1 is 1.43 bits per heavy atom. The molecule has 0 aliphatic heterocycles. The number of aromatic nitrogens is 1. The lowest BCUT2D eigenvalue weighted by Crippen LogP contribution is -2.41. The standard InChI is InChI=1S/C16H20ClN3O3/c1-10(15(21)22)9-20(2)16(23)18-6-5-11-8-19-14-4-3-12(17)7-13(11)14/h3-4,7-8,10,19H,5-6,9H2,1-2H3,(H,18,23)(H,21,22). The molecule has 7 heteroatoms. The zero-order valence-corrected chi connectivity index (χ0v) is 13.9. The number of carboxylic acids is 1. The smallest absolute Gasteiger partial charge is 0.317 e. The van der Waals surface area contributed by atoms with Gasteiger partial charge in [-0.05, 0) is 30.2 Å². The van der Waals surface area contributed by atoms with Crippen LogP contribution in [0.15, 0.2) is 24.4 Å².